The zero-order valence-electron chi connectivity index (χ0n) is 16.6. The second kappa shape index (κ2) is 9.75. The van der Waals surface area contributed by atoms with Crippen molar-refractivity contribution in [1.29, 1.82) is 0 Å². The fourth-order valence-electron chi connectivity index (χ4n) is 2.67. The monoisotopic (exact) mass is 442 g/mol. The highest BCUT2D eigenvalue weighted by Crippen LogP contribution is 2.25. The van der Waals surface area contributed by atoms with E-state index in [4.69, 9.17) is 0 Å². The van der Waals surface area contributed by atoms with E-state index in [1.165, 1.54) is 29.5 Å². The molecule has 1 aromatic carbocycles. The number of thiazole rings is 1. The summed E-state index contributed by atoms with van der Waals surface area (Å²) in [6, 6.07) is 9.86. The Morgan fingerprint density at radius 2 is 1.87 bits per heavy atom. The fourth-order valence-corrected chi connectivity index (χ4v) is 4.54. The van der Waals surface area contributed by atoms with Crippen molar-refractivity contribution in [2.45, 2.75) is 24.8 Å². The summed E-state index contributed by atoms with van der Waals surface area (Å²) in [4.78, 5) is 21.0. The van der Waals surface area contributed by atoms with Crippen LogP contribution in [0.15, 0.2) is 65.1 Å². The summed E-state index contributed by atoms with van der Waals surface area (Å²) >= 11 is 1.48. The lowest BCUT2D eigenvalue weighted by Crippen LogP contribution is -2.24. The van der Waals surface area contributed by atoms with Gasteiger partial charge in [-0.25, -0.2) is 18.1 Å². The third kappa shape index (κ3) is 5.59. The van der Waals surface area contributed by atoms with Crippen molar-refractivity contribution in [3.63, 3.8) is 0 Å². The quantitative estimate of drug-likeness (QED) is 0.521. The Kier molecular flexibility index (Phi) is 7.09. The van der Waals surface area contributed by atoms with E-state index in [2.05, 4.69) is 20.0 Å². The van der Waals surface area contributed by atoms with Gasteiger partial charge in [0, 0.05) is 36.0 Å². The van der Waals surface area contributed by atoms with E-state index < -0.39 is 10.0 Å². The van der Waals surface area contributed by atoms with Gasteiger partial charge in [-0.15, -0.1) is 11.3 Å². The molecule has 0 aliphatic heterocycles. The minimum atomic E-state index is -3.49. The molecule has 0 spiro atoms. The van der Waals surface area contributed by atoms with E-state index in [1.54, 1.807) is 37.5 Å². The minimum Gasteiger partial charge on any atom is -0.344 e. The number of nitrogens with zero attached hydrogens (tertiary/aromatic N) is 2. The molecule has 2 aromatic heterocycles. The van der Waals surface area contributed by atoms with E-state index in [9.17, 15) is 13.2 Å². The standard InChI is InChI=1S/C21H22N4O3S2/c1-3-23-30(27,28)18-7-4-16(5-8-18)6-9-20(26)24-15(2)21-25-19(14-29-21)17-10-12-22-13-11-17/h4-15,23H,3H2,1-2H3,(H,24,26). The Bertz CT molecular complexity index is 1120. The lowest BCUT2D eigenvalue weighted by Gasteiger charge is -2.09. The molecule has 0 radical (unpaired) electrons. The van der Waals surface area contributed by atoms with Gasteiger partial charge in [0.05, 0.1) is 16.6 Å². The van der Waals surface area contributed by atoms with Gasteiger partial charge >= 0.3 is 0 Å². The van der Waals surface area contributed by atoms with Crippen LogP contribution < -0.4 is 10.0 Å². The number of aromatic nitrogens is 2. The Morgan fingerprint density at radius 1 is 1.17 bits per heavy atom. The van der Waals surface area contributed by atoms with Gasteiger partial charge in [0.15, 0.2) is 0 Å². The normalized spacial score (nSPS) is 12.7. The van der Waals surface area contributed by atoms with Crippen LogP contribution in [0.5, 0.6) is 0 Å². The van der Waals surface area contributed by atoms with Crippen molar-refractivity contribution < 1.29 is 13.2 Å². The van der Waals surface area contributed by atoms with Crippen LogP contribution in [0.1, 0.15) is 30.5 Å². The Labute approximate surface area is 180 Å². The Morgan fingerprint density at radius 3 is 2.53 bits per heavy atom. The van der Waals surface area contributed by atoms with Gasteiger partial charge in [0.2, 0.25) is 15.9 Å². The molecule has 1 atom stereocenters. The van der Waals surface area contributed by atoms with Crippen LogP contribution >= 0.6 is 11.3 Å². The average molecular weight is 443 g/mol. The van der Waals surface area contributed by atoms with Crippen molar-refractivity contribution in [3.8, 4) is 11.3 Å². The fraction of sp³-hybridized carbons (Fsp3) is 0.190. The first-order chi connectivity index (χ1) is 14.4. The van der Waals surface area contributed by atoms with Gasteiger partial charge < -0.3 is 5.32 Å². The topological polar surface area (TPSA) is 101 Å². The van der Waals surface area contributed by atoms with E-state index in [0.717, 1.165) is 21.8 Å². The van der Waals surface area contributed by atoms with Crippen molar-refractivity contribution in [3.05, 3.63) is 70.8 Å². The number of carbonyl (C=O) groups is 1. The van der Waals surface area contributed by atoms with E-state index in [0.29, 0.717) is 6.54 Å². The summed E-state index contributed by atoms with van der Waals surface area (Å²) in [6.45, 7) is 3.92. The maximum absolute atomic E-state index is 12.3. The van der Waals surface area contributed by atoms with Crippen molar-refractivity contribution in [2.24, 2.45) is 0 Å². The number of rotatable bonds is 8. The molecule has 3 rings (SSSR count). The highest BCUT2D eigenvalue weighted by atomic mass is 32.2. The molecule has 1 unspecified atom stereocenters. The number of carbonyl (C=O) groups excluding carboxylic acids is 1. The molecule has 0 bridgehead atoms. The Hall–Kier alpha value is -2.88. The zero-order chi connectivity index (χ0) is 21.6. The lowest BCUT2D eigenvalue weighted by atomic mass is 10.2. The van der Waals surface area contributed by atoms with Gasteiger partial charge in [-0.05, 0) is 42.8 Å². The summed E-state index contributed by atoms with van der Waals surface area (Å²) in [7, 11) is -3.49. The molecule has 0 saturated carbocycles. The second-order valence-corrected chi connectivity index (χ2v) is 9.10. The van der Waals surface area contributed by atoms with Gasteiger partial charge in [0.1, 0.15) is 5.01 Å². The minimum absolute atomic E-state index is 0.188. The summed E-state index contributed by atoms with van der Waals surface area (Å²) < 4.78 is 26.4. The van der Waals surface area contributed by atoms with Crippen LogP contribution in [0.4, 0.5) is 0 Å². The number of hydrogen-bond donors (Lipinski definition) is 2. The van der Waals surface area contributed by atoms with Gasteiger partial charge in [-0.2, -0.15) is 0 Å². The largest absolute Gasteiger partial charge is 0.344 e. The predicted molar refractivity (Wildman–Crippen MR) is 118 cm³/mol. The molecule has 0 saturated heterocycles. The molecule has 2 N–H and O–H groups in total. The molecule has 3 aromatic rings. The van der Waals surface area contributed by atoms with E-state index in [1.807, 2.05) is 24.4 Å². The SMILES string of the molecule is CCNS(=O)(=O)c1ccc(C=CC(=O)NC(C)c2nc(-c3ccncc3)cs2)cc1. The van der Waals surface area contributed by atoms with Gasteiger partial charge in [-0.3, -0.25) is 9.78 Å². The van der Waals surface area contributed by atoms with Crippen LogP contribution in [0.3, 0.4) is 0 Å². The van der Waals surface area contributed by atoms with Gasteiger partial charge in [0.25, 0.3) is 0 Å². The number of hydrogen-bond acceptors (Lipinski definition) is 6. The number of sulfonamides is 1. The van der Waals surface area contributed by atoms with Crippen molar-refractivity contribution >= 4 is 33.3 Å². The van der Waals surface area contributed by atoms with Crippen molar-refractivity contribution in [2.75, 3.05) is 6.54 Å². The molecular weight excluding hydrogens is 420 g/mol. The van der Waals surface area contributed by atoms with E-state index in [-0.39, 0.29) is 16.8 Å². The van der Waals surface area contributed by atoms with Crippen molar-refractivity contribution in [1.82, 2.24) is 20.0 Å². The second-order valence-electron chi connectivity index (χ2n) is 6.44. The molecule has 156 valence electrons. The smallest absolute Gasteiger partial charge is 0.244 e. The maximum atomic E-state index is 12.3. The lowest BCUT2D eigenvalue weighted by molar-refractivity contribution is -0.117. The van der Waals surface area contributed by atoms with Crippen LogP contribution in [0.25, 0.3) is 17.3 Å². The molecule has 0 aliphatic rings. The predicted octanol–water partition coefficient (Wildman–Crippen LogP) is 3.39. The molecule has 1 amide bonds. The number of pyridine rings is 1. The summed E-state index contributed by atoms with van der Waals surface area (Å²) in [5, 5.41) is 5.65. The number of amides is 1. The molecule has 7 nitrogen and oxygen atoms in total. The maximum Gasteiger partial charge on any atom is 0.244 e. The number of nitrogens with one attached hydrogen (secondary N) is 2. The summed E-state index contributed by atoms with van der Waals surface area (Å²) in [5.41, 5.74) is 2.55. The van der Waals surface area contributed by atoms with Crippen LogP contribution in [-0.4, -0.2) is 30.8 Å². The van der Waals surface area contributed by atoms with Crippen LogP contribution in [0.2, 0.25) is 0 Å². The molecule has 9 heteroatoms. The first-order valence-corrected chi connectivity index (χ1v) is 11.7. The van der Waals surface area contributed by atoms with Crippen LogP contribution in [-0.2, 0) is 14.8 Å². The van der Waals surface area contributed by atoms with Gasteiger partial charge in [-0.1, -0.05) is 19.1 Å². The molecule has 0 fully saturated rings. The first-order valence-electron chi connectivity index (χ1n) is 9.33. The van der Waals surface area contributed by atoms with E-state index >= 15 is 0 Å². The summed E-state index contributed by atoms with van der Waals surface area (Å²) in [5.74, 6) is -0.257. The average Bonchev–Trinajstić information content (AvgIpc) is 3.24. The third-order valence-electron chi connectivity index (χ3n) is 4.18. The highest BCUT2D eigenvalue weighted by Gasteiger charge is 2.13. The molecular formula is C21H22N4O3S2. The highest BCUT2D eigenvalue weighted by molar-refractivity contribution is 7.89. The first kappa shape index (κ1) is 21.8. The number of benzene rings is 1. The molecule has 0 aliphatic carbocycles. The molecule has 30 heavy (non-hydrogen) atoms. The zero-order valence-corrected chi connectivity index (χ0v) is 18.2. The molecule has 2 heterocycles. The Balaban J connectivity index is 1.60. The van der Waals surface area contributed by atoms with Crippen LogP contribution in [0, 0.1) is 0 Å². The third-order valence-corrected chi connectivity index (χ3v) is 6.77. The summed E-state index contributed by atoms with van der Waals surface area (Å²) in [6.07, 6.45) is 6.48.